The van der Waals surface area contributed by atoms with Gasteiger partial charge in [0.05, 0.1) is 13.4 Å². The van der Waals surface area contributed by atoms with Crippen molar-refractivity contribution in [3.05, 3.63) is 46.5 Å². The predicted octanol–water partition coefficient (Wildman–Crippen LogP) is 2.10. The topological polar surface area (TPSA) is 58.2 Å². The normalized spacial score (nSPS) is 17.1. The second-order valence-electron chi connectivity index (χ2n) is 4.30. The highest BCUT2D eigenvalue weighted by atomic mass is 32.2. The molecule has 2 aromatic rings. The number of hydrogen-bond acceptors (Lipinski definition) is 6. The molecule has 5 nitrogen and oxygen atoms in total. The lowest BCUT2D eigenvalue weighted by Crippen LogP contribution is -2.25. The van der Waals surface area contributed by atoms with Crippen LogP contribution in [0.3, 0.4) is 0 Å². The highest BCUT2D eigenvalue weighted by Gasteiger charge is 2.31. The van der Waals surface area contributed by atoms with Crippen LogP contribution in [0.25, 0.3) is 0 Å². The fourth-order valence-electron chi connectivity index (χ4n) is 2.04. The first-order chi connectivity index (χ1) is 9.69. The maximum Gasteiger partial charge on any atom is 0.266 e. The Labute approximate surface area is 125 Å². The second kappa shape index (κ2) is 5.41. The summed E-state index contributed by atoms with van der Waals surface area (Å²) >= 11 is 5.93. The van der Waals surface area contributed by atoms with Crippen LogP contribution in [-0.4, -0.2) is 21.8 Å². The zero-order chi connectivity index (χ0) is 14.1. The number of thiol groups is 1. The third kappa shape index (κ3) is 2.38. The number of hydrogen-bond donors (Lipinski definition) is 2. The van der Waals surface area contributed by atoms with Gasteiger partial charge >= 0.3 is 0 Å². The molecule has 0 spiro atoms. The van der Waals surface area contributed by atoms with Crippen molar-refractivity contribution in [3.63, 3.8) is 0 Å². The van der Waals surface area contributed by atoms with Gasteiger partial charge in [-0.15, -0.1) is 12.6 Å². The minimum absolute atomic E-state index is 0.108. The Balaban J connectivity index is 1.88. The number of benzene rings is 1. The van der Waals surface area contributed by atoms with E-state index >= 15 is 0 Å². The van der Waals surface area contributed by atoms with Crippen molar-refractivity contribution in [2.45, 2.75) is 16.1 Å². The molecule has 1 atom stereocenters. The van der Waals surface area contributed by atoms with Crippen LogP contribution in [0.1, 0.15) is 5.56 Å². The summed E-state index contributed by atoms with van der Waals surface area (Å²) in [5, 5.41) is 0. The maximum absolute atomic E-state index is 11.7. The van der Waals surface area contributed by atoms with E-state index < -0.39 is 0 Å². The van der Waals surface area contributed by atoms with Gasteiger partial charge in [0.1, 0.15) is 15.4 Å². The SMILES string of the molecule is COc1ccc(CN2c3nc[nH]c(=O)c3SC2S)cc1. The first-order valence-corrected chi connectivity index (χ1v) is 7.40. The molecule has 0 fully saturated rings. The second-order valence-corrected chi connectivity index (χ2v) is 6.23. The summed E-state index contributed by atoms with van der Waals surface area (Å²) in [6, 6.07) is 7.82. The van der Waals surface area contributed by atoms with Crippen LogP contribution in [0, 0.1) is 0 Å². The smallest absolute Gasteiger partial charge is 0.266 e. The van der Waals surface area contributed by atoms with Crippen molar-refractivity contribution in [3.8, 4) is 5.75 Å². The summed E-state index contributed by atoms with van der Waals surface area (Å²) in [4.78, 5) is 21.2. The molecule has 7 heteroatoms. The molecule has 1 aromatic carbocycles. The first kappa shape index (κ1) is 13.4. The predicted molar refractivity (Wildman–Crippen MR) is 82.7 cm³/mol. The minimum Gasteiger partial charge on any atom is -0.497 e. The van der Waals surface area contributed by atoms with Gasteiger partial charge in [-0.2, -0.15) is 0 Å². The molecule has 1 N–H and O–H groups in total. The summed E-state index contributed by atoms with van der Waals surface area (Å²) in [5.41, 5.74) is 0.997. The average molecular weight is 307 g/mol. The third-order valence-electron chi connectivity index (χ3n) is 3.07. The zero-order valence-electron chi connectivity index (χ0n) is 10.7. The Morgan fingerprint density at radius 3 is 2.90 bits per heavy atom. The number of anilines is 1. The standard InChI is InChI=1S/C13H13N3O2S2/c1-18-9-4-2-8(3-5-9)6-16-11-10(20-13(16)19)12(17)15-7-14-11/h2-5,7,13,19H,6H2,1H3,(H,14,15,17). The highest BCUT2D eigenvalue weighted by Crippen LogP contribution is 2.41. The van der Waals surface area contributed by atoms with Crippen molar-refractivity contribution >= 4 is 30.2 Å². The van der Waals surface area contributed by atoms with E-state index in [1.165, 1.54) is 18.1 Å². The number of aromatic amines is 1. The number of methoxy groups -OCH3 is 1. The summed E-state index contributed by atoms with van der Waals surface area (Å²) in [5.74, 6) is 1.51. The maximum atomic E-state index is 11.7. The van der Waals surface area contributed by atoms with Crippen molar-refractivity contribution in [1.29, 1.82) is 0 Å². The molecule has 3 rings (SSSR count). The molecule has 1 aromatic heterocycles. The number of aromatic nitrogens is 2. The van der Waals surface area contributed by atoms with E-state index in [1.54, 1.807) is 7.11 Å². The fraction of sp³-hybridized carbons (Fsp3) is 0.231. The largest absolute Gasteiger partial charge is 0.497 e. The van der Waals surface area contributed by atoms with Gasteiger partial charge in [-0.05, 0) is 17.7 Å². The van der Waals surface area contributed by atoms with Gasteiger partial charge in [-0.25, -0.2) is 4.98 Å². The summed E-state index contributed by atoms with van der Waals surface area (Å²) in [6.45, 7) is 0.647. The van der Waals surface area contributed by atoms with Crippen molar-refractivity contribution in [1.82, 2.24) is 9.97 Å². The molecule has 0 amide bonds. The lowest BCUT2D eigenvalue weighted by Gasteiger charge is -2.22. The molecule has 0 saturated carbocycles. The Hall–Kier alpha value is -1.60. The Morgan fingerprint density at radius 1 is 1.45 bits per heavy atom. The number of nitrogens with zero attached hydrogens (tertiary/aromatic N) is 2. The molecule has 0 bridgehead atoms. The molecule has 1 aliphatic rings. The fourth-order valence-corrected chi connectivity index (χ4v) is 3.50. The van der Waals surface area contributed by atoms with Crippen LogP contribution < -0.4 is 15.2 Å². The average Bonchev–Trinajstić information content (AvgIpc) is 2.78. The lowest BCUT2D eigenvalue weighted by atomic mass is 10.2. The lowest BCUT2D eigenvalue weighted by molar-refractivity contribution is 0.414. The van der Waals surface area contributed by atoms with Crippen LogP contribution >= 0.6 is 24.4 Å². The van der Waals surface area contributed by atoms with Crippen LogP contribution in [0.4, 0.5) is 5.82 Å². The van der Waals surface area contributed by atoms with Gasteiger partial charge in [0.2, 0.25) is 0 Å². The van der Waals surface area contributed by atoms with E-state index in [1.807, 2.05) is 29.2 Å². The number of rotatable bonds is 3. The van der Waals surface area contributed by atoms with Crippen LogP contribution in [0.5, 0.6) is 5.75 Å². The van der Waals surface area contributed by atoms with Gasteiger partial charge in [0.25, 0.3) is 5.56 Å². The molecule has 0 radical (unpaired) electrons. The van der Waals surface area contributed by atoms with Crippen LogP contribution in [0.2, 0.25) is 0 Å². The molecule has 104 valence electrons. The van der Waals surface area contributed by atoms with Crippen molar-refractivity contribution < 1.29 is 4.74 Å². The molecular weight excluding hydrogens is 294 g/mol. The van der Waals surface area contributed by atoms with Gasteiger partial charge < -0.3 is 14.6 Å². The molecule has 1 unspecified atom stereocenters. The van der Waals surface area contributed by atoms with E-state index in [0.717, 1.165) is 11.3 Å². The Bertz CT molecular complexity index is 672. The van der Waals surface area contributed by atoms with Gasteiger partial charge in [-0.3, -0.25) is 4.79 Å². The number of fused-ring (bicyclic) bond motifs is 1. The highest BCUT2D eigenvalue weighted by molar-refractivity contribution is 8.10. The van der Waals surface area contributed by atoms with Crippen LogP contribution in [-0.2, 0) is 6.54 Å². The summed E-state index contributed by atoms with van der Waals surface area (Å²) in [7, 11) is 1.64. The quantitative estimate of drug-likeness (QED) is 0.851. The van der Waals surface area contributed by atoms with E-state index in [4.69, 9.17) is 4.74 Å². The van der Waals surface area contributed by atoms with Gasteiger partial charge in [0, 0.05) is 6.54 Å². The van der Waals surface area contributed by atoms with Crippen LogP contribution in [0.15, 0.2) is 40.3 Å². The molecule has 0 aliphatic carbocycles. The van der Waals surface area contributed by atoms with E-state index in [2.05, 4.69) is 22.6 Å². The Kier molecular flexibility index (Phi) is 3.62. The summed E-state index contributed by atoms with van der Waals surface area (Å²) < 4.78 is 5.03. The van der Waals surface area contributed by atoms with Crippen molar-refractivity contribution in [2.24, 2.45) is 0 Å². The van der Waals surface area contributed by atoms with E-state index in [9.17, 15) is 4.79 Å². The molecule has 0 saturated heterocycles. The molecule has 1 aliphatic heterocycles. The molecule has 20 heavy (non-hydrogen) atoms. The first-order valence-electron chi connectivity index (χ1n) is 6.01. The number of nitrogens with one attached hydrogen (secondary N) is 1. The zero-order valence-corrected chi connectivity index (χ0v) is 12.4. The number of ether oxygens (including phenoxy) is 1. The molecular formula is C13H13N3O2S2. The third-order valence-corrected chi connectivity index (χ3v) is 4.73. The van der Waals surface area contributed by atoms with E-state index in [0.29, 0.717) is 17.3 Å². The van der Waals surface area contributed by atoms with Gasteiger partial charge in [-0.1, -0.05) is 23.9 Å². The molecule has 2 heterocycles. The summed E-state index contributed by atoms with van der Waals surface area (Å²) in [6.07, 6.45) is 1.43. The Morgan fingerprint density at radius 2 is 2.20 bits per heavy atom. The minimum atomic E-state index is -0.115. The number of H-pyrrole nitrogens is 1. The van der Waals surface area contributed by atoms with Gasteiger partial charge in [0.15, 0.2) is 5.82 Å². The van der Waals surface area contributed by atoms with Crippen molar-refractivity contribution in [2.75, 3.05) is 12.0 Å². The monoisotopic (exact) mass is 307 g/mol. The van der Waals surface area contributed by atoms with E-state index in [-0.39, 0.29) is 10.3 Å². The number of thioether (sulfide) groups is 1.